The molecule has 0 aliphatic heterocycles. The van der Waals surface area contributed by atoms with Crippen molar-refractivity contribution < 1.29 is 9.53 Å². The molecule has 1 aromatic rings. The Morgan fingerprint density at radius 1 is 1.38 bits per heavy atom. The van der Waals surface area contributed by atoms with Gasteiger partial charge in [0, 0.05) is 5.69 Å². The number of hydrogen-bond donors (Lipinski definition) is 2. The van der Waals surface area contributed by atoms with Crippen LogP contribution in [0.1, 0.15) is 6.92 Å². The minimum absolute atomic E-state index is 0.0200. The van der Waals surface area contributed by atoms with Gasteiger partial charge in [0.2, 0.25) is 0 Å². The van der Waals surface area contributed by atoms with E-state index in [-0.39, 0.29) is 12.5 Å². The lowest BCUT2D eigenvalue weighted by atomic mass is 10.3. The predicted octanol–water partition coefficient (Wildman–Crippen LogP) is 2.08. The van der Waals surface area contributed by atoms with Crippen molar-refractivity contribution in [3.8, 4) is 0 Å². The fourth-order valence-corrected chi connectivity index (χ4v) is 1.04. The first kappa shape index (κ1) is 15.0. The number of nitrogen functional groups attached to an aromatic ring is 1. The van der Waals surface area contributed by atoms with E-state index in [0.29, 0.717) is 22.3 Å². The molecule has 0 aliphatic carbocycles. The minimum atomic E-state index is -0.345. The lowest BCUT2D eigenvalue weighted by Gasteiger charge is -1.94. The molecule has 0 heterocycles. The number of rotatable bonds is 2. The number of nitrogens with two attached hydrogens (primary N) is 2. The van der Waals surface area contributed by atoms with E-state index in [1.54, 1.807) is 25.1 Å². The minimum Gasteiger partial charge on any atom is -0.465 e. The summed E-state index contributed by atoms with van der Waals surface area (Å²) < 4.78 is 4.43. The first-order valence-corrected chi connectivity index (χ1v) is 5.33. The summed E-state index contributed by atoms with van der Waals surface area (Å²) in [6.45, 7) is 2.14. The van der Waals surface area contributed by atoms with Crippen LogP contribution in [0.4, 0.5) is 5.69 Å². The molecule has 0 atom stereocenters. The van der Waals surface area contributed by atoms with E-state index < -0.39 is 0 Å². The Kier molecular flexibility index (Phi) is 7.72. The monoisotopic (exact) mass is 264 g/mol. The molecule has 16 heavy (non-hydrogen) atoms. The van der Waals surface area contributed by atoms with Crippen LogP contribution in [0.25, 0.3) is 0 Å². The molecule has 0 aromatic heterocycles. The van der Waals surface area contributed by atoms with Crippen molar-refractivity contribution >= 4 is 34.9 Å². The highest BCUT2D eigenvalue weighted by Gasteiger charge is 1.94. The molecule has 90 valence electrons. The number of carbonyl (C=O) groups is 1. The van der Waals surface area contributed by atoms with Gasteiger partial charge < -0.3 is 16.2 Å². The van der Waals surface area contributed by atoms with Crippen molar-refractivity contribution in [3.63, 3.8) is 0 Å². The van der Waals surface area contributed by atoms with Gasteiger partial charge in [-0.15, -0.1) is 0 Å². The van der Waals surface area contributed by atoms with Crippen LogP contribution < -0.4 is 11.5 Å². The summed E-state index contributed by atoms with van der Waals surface area (Å²) >= 11 is 11.2. The SMILES string of the molecule is CCOC(=O)CN.Nc1ccc(Cl)c(Cl)c1. The van der Waals surface area contributed by atoms with Crippen molar-refractivity contribution in [1.82, 2.24) is 0 Å². The first-order valence-electron chi connectivity index (χ1n) is 4.57. The number of esters is 1. The van der Waals surface area contributed by atoms with E-state index >= 15 is 0 Å². The zero-order valence-electron chi connectivity index (χ0n) is 8.87. The van der Waals surface area contributed by atoms with Gasteiger partial charge >= 0.3 is 5.97 Å². The van der Waals surface area contributed by atoms with E-state index in [9.17, 15) is 4.79 Å². The molecule has 0 unspecified atom stereocenters. The second-order valence-electron chi connectivity index (χ2n) is 2.68. The normalized spacial score (nSPS) is 9.00. The lowest BCUT2D eigenvalue weighted by Crippen LogP contribution is -2.16. The highest BCUT2D eigenvalue weighted by atomic mass is 35.5. The maximum Gasteiger partial charge on any atom is 0.319 e. The third-order valence-electron chi connectivity index (χ3n) is 1.42. The second kappa shape index (κ2) is 8.21. The Morgan fingerprint density at radius 3 is 2.31 bits per heavy atom. The van der Waals surface area contributed by atoms with Crippen LogP contribution >= 0.6 is 23.2 Å². The number of ether oxygens (including phenoxy) is 1. The quantitative estimate of drug-likeness (QED) is 0.634. The molecule has 4 N–H and O–H groups in total. The van der Waals surface area contributed by atoms with E-state index in [1.165, 1.54) is 0 Å². The van der Waals surface area contributed by atoms with E-state index in [1.807, 2.05) is 0 Å². The smallest absolute Gasteiger partial charge is 0.319 e. The van der Waals surface area contributed by atoms with Crippen molar-refractivity contribution in [2.24, 2.45) is 5.73 Å². The summed E-state index contributed by atoms with van der Waals surface area (Å²) in [5, 5.41) is 1.03. The third kappa shape index (κ3) is 6.50. The number of benzene rings is 1. The van der Waals surface area contributed by atoms with Crippen LogP contribution in [-0.4, -0.2) is 19.1 Å². The highest BCUT2D eigenvalue weighted by molar-refractivity contribution is 6.42. The van der Waals surface area contributed by atoms with Gasteiger partial charge in [0.25, 0.3) is 0 Å². The Balaban J connectivity index is 0.000000293. The van der Waals surface area contributed by atoms with Gasteiger partial charge in [0.15, 0.2) is 0 Å². The Hall–Kier alpha value is -0.970. The molecule has 0 bridgehead atoms. The van der Waals surface area contributed by atoms with Gasteiger partial charge in [-0.05, 0) is 25.1 Å². The van der Waals surface area contributed by atoms with E-state index in [4.69, 9.17) is 34.7 Å². The maximum atomic E-state index is 10.1. The molecule has 0 saturated carbocycles. The molecule has 0 spiro atoms. The molecule has 0 radical (unpaired) electrons. The predicted molar refractivity (Wildman–Crippen MR) is 66.6 cm³/mol. The molecule has 1 aromatic carbocycles. The molecule has 0 fully saturated rings. The summed E-state index contributed by atoms with van der Waals surface area (Å²) in [6.07, 6.45) is 0. The largest absolute Gasteiger partial charge is 0.465 e. The van der Waals surface area contributed by atoms with Gasteiger partial charge in [-0.3, -0.25) is 4.79 Å². The van der Waals surface area contributed by atoms with Crippen molar-refractivity contribution in [3.05, 3.63) is 28.2 Å². The van der Waals surface area contributed by atoms with Crippen LogP contribution in [-0.2, 0) is 9.53 Å². The van der Waals surface area contributed by atoms with Gasteiger partial charge in [0.1, 0.15) is 0 Å². The fraction of sp³-hybridized carbons (Fsp3) is 0.300. The third-order valence-corrected chi connectivity index (χ3v) is 2.15. The number of carbonyl (C=O) groups excluding carboxylic acids is 1. The van der Waals surface area contributed by atoms with Crippen LogP contribution in [0.3, 0.4) is 0 Å². The van der Waals surface area contributed by atoms with Crippen molar-refractivity contribution in [1.29, 1.82) is 0 Å². The van der Waals surface area contributed by atoms with Crippen LogP contribution in [0.5, 0.6) is 0 Å². The summed E-state index contributed by atoms with van der Waals surface area (Å²) in [5.41, 5.74) is 10.9. The fourth-order valence-electron chi connectivity index (χ4n) is 0.732. The average molecular weight is 265 g/mol. The molecule has 0 aliphatic rings. The number of hydrogen-bond acceptors (Lipinski definition) is 4. The Labute approximate surface area is 104 Å². The van der Waals surface area contributed by atoms with Crippen molar-refractivity contribution in [2.75, 3.05) is 18.9 Å². The van der Waals surface area contributed by atoms with Crippen molar-refractivity contribution in [2.45, 2.75) is 6.92 Å². The van der Waals surface area contributed by atoms with E-state index in [0.717, 1.165) is 0 Å². The first-order chi connectivity index (χ1) is 7.51. The highest BCUT2D eigenvalue weighted by Crippen LogP contribution is 2.23. The Bertz CT molecular complexity index is 346. The van der Waals surface area contributed by atoms with Crippen LogP contribution in [0, 0.1) is 0 Å². The standard InChI is InChI=1S/C6H5Cl2N.C4H9NO2/c7-5-2-1-4(9)3-6(5)8;1-2-7-4(6)3-5/h1-3H,9H2;2-3,5H2,1H3. The summed E-state index contributed by atoms with van der Waals surface area (Å²) in [7, 11) is 0. The van der Waals surface area contributed by atoms with Gasteiger partial charge in [-0.25, -0.2) is 0 Å². The zero-order valence-corrected chi connectivity index (χ0v) is 10.4. The summed E-state index contributed by atoms with van der Waals surface area (Å²) in [5.74, 6) is -0.345. The second-order valence-corrected chi connectivity index (χ2v) is 3.50. The topological polar surface area (TPSA) is 78.3 Å². The molecule has 0 saturated heterocycles. The summed E-state index contributed by atoms with van der Waals surface area (Å²) in [6, 6.07) is 4.98. The Morgan fingerprint density at radius 2 is 2.00 bits per heavy atom. The molecule has 4 nitrogen and oxygen atoms in total. The lowest BCUT2D eigenvalue weighted by molar-refractivity contribution is -0.141. The summed E-state index contributed by atoms with van der Waals surface area (Å²) in [4.78, 5) is 10.1. The van der Waals surface area contributed by atoms with Crippen LogP contribution in [0.2, 0.25) is 10.0 Å². The van der Waals surface area contributed by atoms with E-state index in [2.05, 4.69) is 4.74 Å². The number of anilines is 1. The average Bonchev–Trinajstić information content (AvgIpc) is 2.25. The zero-order chi connectivity index (χ0) is 12.6. The molecule has 1 rings (SSSR count). The molecule has 0 amide bonds. The van der Waals surface area contributed by atoms with Crippen LogP contribution in [0.15, 0.2) is 18.2 Å². The van der Waals surface area contributed by atoms with Gasteiger partial charge in [-0.1, -0.05) is 23.2 Å². The molecule has 6 heteroatoms. The van der Waals surface area contributed by atoms with Gasteiger partial charge in [-0.2, -0.15) is 0 Å². The molecular weight excluding hydrogens is 251 g/mol. The van der Waals surface area contributed by atoms with Gasteiger partial charge in [0.05, 0.1) is 23.2 Å². The molecular formula is C10H14Cl2N2O2. The maximum absolute atomic E-state index is 10.1. The number of halogens is 2.